The summed E-state index contributed by atoms with van der Waals surface area (Å²) in [6.45, 7) is 13.3. The summed E-state index contributed by atoms with van der Waals surface area (Å²) < 4.78 is 54.6. The molecular formula is C85H108Cl3N9O14. The standard InChI is InChI=1S/C29H38ClN3O5.C29H36ClN3O4.C27H34ClN3O5/c1-35-16-5-14-31-13-3-4-17-37-23-9-6-21(7-10-23)28-27-24(25-20-22(30)8-11-26(25)32-27)12-15-33(28)29(34)38-19-18-36-2;1-35-18-19-37-29(34)33-16-12-24-25-20-22(30)8-11-26(25)31-27(24)28(33)21-6-9-23(10-7-21)36-17-5-4-15-32-13-2-3-14-32;1-34-16-17-36-27(33)31-13-10-22-23-18-20(28)6-9-24(23)30-25(22)26(31)19-4-7-21(8-5-19)35-15-3-2-11-29-12-14-32/h6-11,20,28,31-32H,3-5,12-19H2,1-2H3;6-11,20,28,31H,2-5,12-19H2,1H3;4-9,18,26,29-30,32H,2-3,10-17H2,1H3. The summed E-state index contributed by atoms with van der Waals surface area (Å²) in [6.07, 6.45) is 10.9. The van der Waals surface area contributed by atoms with Crippen LogP contribution in [0.4, 0.5) is 14.4 Å². The number of carbonyl (C=O) groups is 3. The molecule has 1 fully saturated rings. The highest BCUT2D eigenvalue weighted by Crippen LogP contribution is 2.44. The lowest BCUT2D eigenvalue weighted by Crippen LogP contribution is -2.41. The van der Waals surface area contributed by atoms with E-state index in [1.807, 2.05) is 127 Å². The molecule has 3 atom stereocenters. The fourth-order valence-corrected chi connectivity index (χ4v) is 15.4. The summed E-state index contributed by atoms with van der Waals surface area (Å²) in [5.74, 6) is 2.45. The fourth-order valence-electron chi connectivity index (χ4n) is 14.9. The minimum Gasteiger partial charge on any atom is -0.494 e. The predicted octanol–water partition coefficient (Wildman–Crippen LogP) is 15.4. The molecule has 6 aromatic carbocycles. The number of aromatic amines is 3. The molecule has 598 valence electrons. The van der Waals surface area contributed by atoms with Gasteiger partial charge in [0.05, 0.1) is 46.2 Å². The van der Waals surface area contributed by atoms with E-state index >= 15 is 0 Å². The van der Waals surface area contributed by atoms with Crippen molar-refractivity contribution in [1.29, 1.82) is 0 Å². The first kappa shape index (κ1) is 83.6. The number of aromatic nitrogens is 3. The van der Waals surface area contributed by atoms with E-state index in [0.717, 1.165) is 161 Å². The minimum absolute atomic E-state index is 0.153. The molecule has 3 amide bonds. The summed E-state index contributed by atoms with van der Waals surface area (Å²) in [4.78, 5) is 57.7. The van der Waals surface area contributed by atoms with Gasteiger partial charge in [-0.2, -0.15) is 0 Å². The summed E-state index contributed by atoms with van der Waals surface area (Å²) in [6, 6.07) is 40.6. The Hall–Kier alpha value is -8.30. The molecule has 3 unspecified atom stereocenters. The van der Waals surface area contributed by atoms with E-state index in [-0.39, 0.29) is 62.8 Å². The van der Waals surface area contributed by atoms with Gasteiger partial charge in [-0.15, -0.1) is 0 Å². The Morgan fingerprint density at radius 1 is 0.396 bits per heavy atom. The molecule has 0 radical (unpaired) electrons. The monoisotopic (exact) mass is 1580 g/mol. The molecule has 3 aromatic heterocycles. The third-order valence-electron chi connectivity index (χ3n) is 20.5. The van der Waals surface area contributed by atoms with Gasteiger partial charge < -0.3 is 83.0 Å². The van der Waals surface area contributed by atoms with Crippen molar-refractivity contribution >= 4 is 85.8 Å². The van der Waals surface area contributed by atoms with Crippen molar-refractivity contribution in [2.24, 2.45) is 0 Å². The highest BCUT2D eigenvalue weighted by atomic mass is 35.5. The number of unbranched alkanes of at least 4 members (excludes halogenated alkanes) is 3. The summed E-state index contributed by atoms with van der Waals surface area (Å²) in [7, 11) is 6.49. The molecule has 13 rings (SSSR count). The Kier molecular flexibility index (Phi) is 32.9. The zero-order valence-electron chi connectivity index (χ0n) is 64.4. The lowest BCUT2D eigenvalue weighted by Gasteiger charge is -2.35. The van der Waals surface area contributed by atoms with Crippen molar-refractivity contribution < 1.29 is 66.9 Å². The molecule has 111 heavy (non-hydrogen) atoms. The molecule has 0 bridgehead atoms. The molecule has 0 saturated carbocycles. The summed E-state index contributed by atoms with van der Waals surface area (Å²) in [5, 5.41) is 20.8. The van der Waals surface area contributed by atoms with Gasteiger partial charge >= 0.3 is 18.3 Å². The Morgan fingerprint density at radius 2 is 0.730 bits per heavy atom. The number of likely N-dealkylation sites (tertiary alicyclic amines) is 1. The summed E-state index contributed by atoms with van der Waals surface area (Å²) >= 11 is 18.9. The average Bonchev–Trinajstić information content (AvgIpc) is 1.63. The lowest BCUT2D eigenvalue weighted by atomic mass is 9.92. The number of H-pyrrole nitrogens is 3. The second-order valence-electron chi connectivity index (χ2n) is 28.0. The molecule has 23 nitrogen and oxygen atoms in total. The van der Waals surface area contributed by atoms with Crippen molar-refractivity contribution in [1.82, 2.24) is 45.2 Å². The van der Waals surface area contributed by atoms with E-state index < -0.39 is 0 Å². The Bertz CT molecular complexity index is 4360. The van der Waals surface area contributed by atoms with Crippen LogP contribution in [0.2, 0.25) is 15.1 Å². The molecule has 7 heterocycles. The quantitative estimate of drug-likeness (QED) is 0.0158. The Morgan fingerprint density at radius 3 is 1.07 bits per heavy atom. The number of ether oxygens (including phenoxy) is 10. The first-order valence-corrected chi connectivity index (χ1v) is 40.1. The molecule has 9 aromatic rings. The van der Waals surface area contributed by atoms with Crippen LogP contribution in [0.15, 0.2) is 127 Å². The van der Waals surface area contributed by atoms with Gasteiger partial charge in [0.1, 0.15) is 55.2 Å². The van der Waals surface area contributed by atoms with Crippen LogP contribution >= 0.6 is 34.8 Å². The lowest BCUT2D eigenvalue weighted by molar-refractivity contribution is 0.0626. The highest BCUT2D eigenvalue weighted by Gasteiger charge is 2.39. The SMILES string of the molecule is COCCCNCCCCOc1ccc(C2c3[nH]c4ccc(Cl)cc4c3CCN2C(=O)OCCOC)cc1.COCCOC(=O)N1CCc2c([nH]c3ccc(Cl)cc23)C1c1ccc(OCCCCN2CCCC2)cc1.COCCOC(=O)N1CCc2c([nH]c3ccc(Cl)cc23)C1c1ccc(OCCCCNCCO)cc1. The van der Waals surface area contributed by atoms with Crippen molar-refractivity contribution in [3.63, 3.8) is 0 Å². The topological polar surface area (TPSA) is 248 Å². The van der Waals surface area contributed by atoms with Crippen LogP contribution in [0.1, 0.15) is 126 Å². The average molecular weight is 1590 g/mol. The van der Waals surface area contributed by atoms with Crippen LogP contribution in [-0.2, 0) is 52.4 Å². The van der Waals surface area contributed by atoms with Crippen molar-refractivity contribution in [3.05, 3.63) is 193 Å². The Balaban J connectivity index is 0.000000165. The predicted molar refractivity (Wildman–Crippen MR) is 435 cm³/mol. The molecular weight excluding hydrogens is 1480 g/mol. The van der Waals surface area contributed by atoms with Gasteiger partial charge in [0.15, 0.2) is 0 Å². The molecule has 26 heteroatoms. The minimum atomic E-state index is -0.366. The van der Waals surface area contributed by atoms with Gasteiger partial charge in [0, 0.05) is 126 Å². The van der Waals surface area contributed by atoms with Crippen LogP contribution in [0.3, 0.4) is 0 Å². The zero-order chi connectivity index (χ0) is 77.7. The van der Waals surface area contributed by atoms with Crippen molar-refractivity contribution in [3.8, 4) is 17.2 Å². The number of amides is 3. The van der Waals surface area contributed by atoms with E-state index in [4.69, 9.17) is 87.3 Å². The zero-order valence-corrected chi connectivity index (χ0v) is 66.6. The number of aliphatic hydroxyl groups is 1. The number of nitrogens with zero attached hydrogens (tertiary/aromatic N) is 4. The maximum Gasteiger partial charge on any atom is 0.410 e. The van der Waals surface area contributed by atoms with Gasteiger partial charge in [-0.1, -0.05) is 71.2 Å². The van der Waals surface area contributed by atoms with Gasteiger partial charge in [-0.3, -0.25) is 14.7 Å². The van der Waals surface area contributed by atoms with E-state index in [9.17, 15) is 14.4 Å². The first-order chi connectivity index (χ1) is 54.4. The van der Waals surface area contributed by atoms with Gasteiger partial charge in [0.2, 0.25) is 0 Å². The Labute approximate surface area is 666 Å². The normalized spacial score (nSPS) is 16.0. The maximum absolute atomic E-state index is 13.1. The third kappa shape index (κ3) is 23.0. The highest BCUT2D eigenvalue weighted by molar-refractivity contribution is 6.32. The molecule has 0 aliphatic carbocycles. The van der Waals surface area contributed by atoms with Crippen LogP contribution in [0.25, 0.3) is 32.7 Å². The number of hydrogen-bond donors (Lipinski definition) is 6. The third-order valence-corrected chi connectivity index (χ3v) is 21.2. The maximum atomic E-state index is 13.1. The first-order valence-electron chi connectivity index (χ1n) is 39.0. The number of carbonyl (C=O) groups excluding carboxylic acids is 3. The van der Waals surface area contributed by atoms with Crippen LogP contribution in [0, 0.1) is 0 Å². The number of hydrogen-bond acceptors (Lipinski definition) is 17. The number of benzene rings is 6. The van der Waals surface area contributed by atoms with Crippen LogP contribution < -0.4 is 24.8 Å². The fraction of sp³-hybridized carbons (Fsp3) is 0.471. The molecule has 4 aliphatic rings. The number of aliphatic hydroxyl groups excluding tert-OH is 1. The van der Waals surface area contributed by atoms with Gasteiger partial charge in [0.25, 0.3) is 0 Å². The van der Waals surface area contributed by atoms with E-state index in [1.165, 1.54) is 49.2 Å². The smallest absolute Gasteiger partial charge is 0.410 e. The molecule has 6 N–H and O–H groups in total. The second-order valence-corrected chi connectivity index (χ2v) is 29.3. The van der Waals surface area contributed by atoms with Gasteiger partial charge in [-0.25, -0.2) is 14.4 Å². The van der Waals surface area contributed by atoms with Crippen molar-refractivity contribution in [2.45, 2.75) is 95.2 Å². The van der Waals surface area contributed by atoms with E-state index in [2.05, 4.69) is 30.5 Å². The molecule has 0 spiro atoms. The van der Waals surface area contributed by atoms with Crippen LogP contribution in [-0.4, -0.2) is 225 Å². The summed E-state index contributed by atoms with van der Waals surface area (Å²) in [5.41, 5.74) is 12.5. The van der Waals surface area contributed by atoms with Crippen LogP contribution in [0.5, 0.6) is 17.2 Å². The number of halogens is 3. The number of nitrogens with one attached hydrogen (secondary N) is 5. The number of methoxy groups -OCH3 is 4. The second kappa shape index (κ2) is 43.7. The molecule has 1 saturated heterocycles. The molecule has 4 aliphatic heterocycles. The number of rotatable bonds is 36. The van der Waals surface area contributed by atoms with Crippen molar-refractivity contribution in [2.75, 3.05) is 167 Å². The largest absolute Gasteiger partial charge is 0.494 e. The number of fused-ring (bicyclic) bond motifs is 9. The van der Waals surface area contributed by atoms with E-state index in [0.29, 0.717) is 93.7 Å². The van der Waals surface area contributed by atoms with E-state index in [1.54, 1.807) is 43.1 Å². The van der Waals surface area contributed by atoms with Gasteiger partial charge in [-0.05, 0) is 241 Å².